The average molecular weight is 482 g/mol. The molecule has 9 heteroatoms. The fourth-order valence-electron chi connectivity index (χ4n) is 4.83. The van der Waals surface area contributed by atoms with Gasteiger partial charge in [-0.1, -0.05) is 0 Å². The number of nitrogens with zero attached hydrogens (tertiary/aromatic N) is 4. The van der Waals surface area contributed by atoms with Crippen molar-refractivity contribution in [2.75, 3.05) is 17.5 Å². The summed E-state index contributed by atoms with van der Waals surface area (Å²) in [6, 6.07) is 7.46. The molecule has 180 valence electrons. The summed E-state index contributed by atoms with van der Waals surface area (Å²) in [6.07, 6.45) is 6.19. The molecule has 1 N–H and O–H groups in total. The van der Waals surface area contributed by atoms with Crippen LogP contribution in [-0.4, -0.2) is 46.6 Å². The number of aromatic nitrogens is 3. The summed E-state index contributed by atoms with van der Waals surface area (Å²) in [7, 11) is -3.53. The van der Waals surface area contributed by atoms with E-state index in [1.54, 1.807) is 12.1 Å². The molecule has 8 nitrogen and oxygen atoms in total. The van der Waals surface area contributed by atoms with Gasteiger partial charge in [0.1, 0.15) is 0 Å². The van der Waals surface area contributed by atoms with Crippen LogP contribution in [0.3, 0.4) is 0 Å². The Hall–Kier alpha value is -2.94. The lowest BCUT2D eigenvalue weighted by molar-refractivity contribution is 0.0606. The van der Waals surface area contributed by atoms with Gasteiger partial charge in [0.15, 0.2) is 5.65 Å². The van der Waals surface area contributed by atoms with Crippen molar-refractivity contribution in [3.8, 4) is 0 Å². The zero-order chi connectivity index (χ0) is 24.2. The highest BCUT2D eigenvalue weighted by atomic mass is 32.2. The molecule has 1 saturated carbocycles. The number of piperidine rings is 1. The number of benzene rings is 1. The average Bonchev–Trinajstić information content (AvgIpc) is 3.53. The zero-order valence-electron chi connectivity index (χ0n) is 20.1. The lowest BCUT2D eigenvalue weighted by Gasteiger charge is -2.35. The van der Waals surface area contributed by atoms with Crippen molar-refractivity contribution in [2.45, 2.75) is 64.8 Å². The summed E-state index contributed by atoms with van der Waals surface area (Å²) in [5.41, 5.74) is 6.37. The predicted molar refractivity (Wildman–Crippen MR) is 132 cm³/mol. The van der Waals surface area contributed by atoms with Gasteiger partial charge in [0.25, 0.3) is 5.91 Å². The highest BCUT2D eigenvalue weighted by Gasteiger charge is 2.33. The van der Waals surface area contributed by atoms with Crippen molar-refractivity contribution in [1.82, 2.24) is 19.5 Å². The first-order valence-electron chi connectivity index (χ1n) is 11.9. The third kappa shape index (κ3) is 4.41. The molecule has 2 fully saturated rings. The first-order valence-corrected chi connectivity index (χ1v) is 13.8. The molecule has 34 heavy (non-hydrogen) atoms. The molecule has 0 radical (unpaired) electrons. The Morgan fingerprint density at radius 3 is 2.44 bits per heavy atom. The molecular weight excluding hydrogens is 450 g/mol. The van der Waals surface area contributed by atoms with Crippen molar-refractivity contribution in [3.05, 3.63) is 58.0 Å². The Kier molecular flexibility index (Phi) is 5.62. The van der Waals surface area contributed by atoms with Crippen LogP contribution < -0.4 is 4.72 Å². The molecule has 3 aromatic rings. The van der Waals surface area contributed by atoms with Crippen molar-refractivity contribution < 1.29 is 13.2 Å². The maximum absolute atomic E-state index is 13.8. The molecule has 1 aromatic carbocycles. The van der Waals surface area contributed by atoms with Gasteiger partial charge in [-0.3, -0.25) is 9.52 Å². The van der Waals surface area contributed by atoms with E-state index < -0.39 is 10.0 Å². The molecule has 0 unspecified atom stereocenters. The molecule has 1 aliphatic carbocycles. The number of carbonyl (C=O) groups is 1. The van der Waals surface area contributed by atoms with Crippen LogP contribution in [0.5, 0.6) is 0 Å². The minimum absolute atomic E-state index is 0.181. The van der Waals surface area contributed by atoms with Gasteiger partial charge in [0, 0.05) is 29.9 Å². The summed E-state index contributed by atoms with van der Waals surface area (Å²) in [4.78, 5) is 20.5. The Morgan fingerprint density at radius 2 is 1.74 bits per heavy atom. The summed E-state index contributed by atoms with van der Waals surface area (Å²) >= 11 is 0. The van der Waals surface area contributed by atoms with E-state index >= 15 is 0 Å². The summed E-state index contributed by atoms with van der Waals surface area (Å²) in [5, 5.41) is 4.85. The molecule has 3 heterocycles. The molecule has 1 amide bonds. The van der Waals surface area contributed by atoms with Crippen LogP contribution in [0.4, 0.5) is 5.69 Å². The normalized spacial score (nSPS) is 18.9. The van der Waals surface area contributed by atoms with Crippen LogP contribution in [0.2, 0.25) is 0 Å². The number of amides is 1. The van der Waals surface area contributed by atoms with Gasteiger partial charge in [-0.05, 0) is 82.2 Å². The highest BCUT2D eigenvalue weighted by Crippen LogP contribution is 2.40. The fourth-order valence-corrected chi connectivity index (χ4v) is 5.40. The first kappa shape index (κ1) is 22.8. The Morgan fingerprint density at radius 1 is 1.00 bits per heavy atom. The quantitative estimate of drug-likeness (QED) is 0.587. The standard InChI is InChI=1S/C25H31N5O3S/c1-15-11-19(21(12-16(15)2)28-34(4,32)33)25(31)29-10-6-5-7-23(29)22-14-24-26-20(18-8-9-18)13-17(3)30(24)27-22/h11-14,18,23,28H,5-10H2,1-4H3/t23-/m0/s1. The zero-order valence-corrected chi connectivity index (χ0v) is 20.9. The second-order valence-corrected chi connectivity index (χ2v) is 11.6. The van der Waals surface area contributed by atoms with E-state index in [0.717, 1.165) is 59.4 Å². The molecule has 1 atom stereocenters. The third-order valence-corrected chi connectivity index (χ3v) is 7.49. The Balaban J connectivity index is 1.53. The van der Waals surface area contributed by atoms with E-state index in [4.69, 9.17) is 10.1 Å². The van der Waals surface area contributed by atoms with E-state index in [9.17, 15) is 13.2 Å². The molecule has 1 saturated heterocycles. The summed E-state index contributed by atoms with van der Waals surface area (Å²) in [6.45, 7) is 6.47. The third-order valence-electron chi connectivity index (χ3n) is 6.90. The largest absolute Gasteiger partial charge is 0.330 e. The van der Waals surface area contributed by atoms with Gasteiger partial charge >= 0.3 is 0 Å². The monoisotopic (exact) mass is 481 g/mol. The Bertz CT molecular complexity index is 1390. The van der Waals surface area contributed by atoms with Crippen LogP contribution in [0, 0.1) is 20.8 Å². The molecular formula is C25H31N5O3S. The van der Waals surface area contributed by atoms with Crippen LogP contribution in [0.25, 0.3) is 5.65 Å². The lowest BCUT2D eigenvalue weighted by Crippen LogP contribution is -2.39. The second kappa shape index (κ2) is 8.37. The number of carbonyl (C=O) groups excluding carboxylic acids is 1. The maximum atomic E-state index is 13.8. The second-order valence-electron chi connectivity index (χ2n) is 9.80. The number of hydrogen-bond donors (Lipinski definition) is 1. The summed E-state index contributed by atoms with van der Waals surface area (Å²) in [5.74, 6) is 0.375. The van der Waals surface area contributed by atoms with Gasteiger partial charge in [0.05, 0.1) is 29.2 Å². The van der Waals surface area contributed by atoms with E-state index in [1.165, 1.54) is 12.8 Å². The maximum Gasteiger partial charge on any atom is 0.256 e. The van der Waals surface area contributed by atoms with Gasteiger partial charge in [-0.2, -0.15) is 5.10 Å². The number of fused-ring (bicyclic) bond motifs is 1. The molecule has 5 rings (SSSR count). The lowest BCUT2D eigenvalue weighted by atomic mass is 9.96. The van der Waals surface area contributed by atoms with Crippen LogP contribution >= 0.6 is 0 Å². The van der Waals surface area contributed by atoms with Crippen molar-refractivity contribution >= 4 is 27.3 Å². The number of rotatable bonds is 5. The summed E-state index contributed by atoms with van der Waals surface area (Å²) < 4.78 is 28.4. The van der Waals surface area contributed by atoms with Gasteiger partial charge in [0.2, 0.25) is 10.0 Å². The molecule has 1 aliphatic heterocycles. The van der Waals surface area contributed by atoms with Crippen LogP contribution in [0.1, 0.15) is 82.6 Å². The van der Waals surface area contributed by atoms with Crippen LogP contribution in [-0.2, 0) is 10.0 Å². The number of anilines is 1. The van der Waals surface area contributed by atoms with E-state index in [-0.39, 0.29) is 11.9 Å². The number of likely N-dealkylation sites (tertiary alicyclic amines) is 1. The van der Waals surface area contributed by atoms with E-state index in [1.807, 2.05) is 36.3 Å². The minimum atomic E-state index is -3.53. The number of sulfonamides is 1. The molecule has 0 bridgehead atoms. The first-order chi connectivity index (χ1) is 16.1. The number of nitrogens with one attached hydrogen (secondary N) is 1. The molecule has 2 aromatic heterocycles. The van der Waals surface area contributed by atoms with Crippen molar-refractivity contribution in [1.29, 1.82) is 0 Å². The number of hydrogen-bond acceptors (Lipinski definition) is 5. The molecule has 2 aliphatic rings. The highest BCUT2D eigenvalue weighted by molar-refractivity contribution is 7.92. The fraction of sp³-hybridized carbons (Fsp3) is 0.480. The smallest absolute Gasteiger partial charge is 0.256 e. The van der Waals surface area contributed by atoms with Gasteiger partial charge < -0.3 is 4.90 Å². The minimum Gasteiger partial charge on any atom is -0.330 e. The van der Waals surface area contributed by atoms with Crippen LogP contribution in [0.15, 0.2) is 24.3 Å². The topological polar surface area (TPSA) is 96.7 Å². The van der Waals surface area contributed by atoms with Gasteiger partial charge in [-0.15, -0.1) is 0 Å². The van der Waals surface area contributed by atoms with E-state index in [2.05, 4.69) is 10.8 Å². The number of aryl methyl sites for hydroxylation is 3. The van der Waals surface area contributed by atoms with Crippen molar-refractivity contribution in [2.24, 2.45) is 0 Å². The van der Waals surface area contributed by atoms with Crippen molar-refractivity contribution in [3.63, 3.8) is 0 Å². The Labute approximate surface area is 200 Å². The molecule has 0 spiro atoms. The SMILES string of the molecule is Cc1cc(NS(C)(=O)=O)c(C(=O)N2CCCC[C@H]2c2cc3nc(C4CC4)cc(C)n3n2)cc1C. The van der Waals surface area contributed by atoms with Gasteiger partial charge in [-0.25, -0.2) is 17.9 Å². The van der Waals surface area contributed by atoms with E-state index in [0.29, 0.717) is 23.7 Å². The predicted octanol–water partition coefficient (Wildman–Crippen LogP) is 4.27.